The molecular weight excluding hydrogens is 517 g/mol. The van der Waals surface area contributed by atoms with Gasteiger partial charge in [-0.2, -0.15) is 11.8 Å². The van der Waals surface area contributed by atoms with Crippen LogP contribution in [0.1, 0.15) is 42.5 Å². The van der Waals surface area contributed by atoms with E-state index in [-0.39, 0.29) is 29.9 Å². The number of aromatic nitrogens is 1. The minimum atomic E-state index is 0. The lowest BCUT2D eigenvalue weighted by atomic mass is 9.85. The van der Waals surface area contributed by atoms with Crippen molar-refractivity contribution in [3.63, 3.8) is 0 Å². The molecule has 0 radical (unpaired) electrons. The quantitative estimate of drug-likeness (QED) is 0.323. The highest BCUT2D eigenvalue weighted by Crippen LogP contribution is 2.27. The normalized spacial score (nSPS) is 22.7. The van der Waals surface area contributed by atoms with E-state index >= 15 is 0 Å². The molecule has 9 heteroatoms. The number of hydrogen-bond donors (Lipinski definition) is 2. The smallest absolute Gasteiger partial charge is 0.225 e. The Labute approximate surface area is 200 Å². The summed E-state index contributed by atoms with van der Waals surface area (Å²) in [5.41, 5.74) is 0. The molecule has 29 heavy (non-hydrogen) atoms. The third kappa shape index (κ3) is 7.90. The first-order chi connectivity index (χ1) is 13.7. The summed E-state index contributed by atoms with van der Waals surface area (Å²) in [7, 11) is 0. The van der Waals surface area contributed by atoms with Gasteiger partial charge in [-0.25, -0.2) is 4.98 Å². The fraction of sp³-hybridized carbons (Fsp3) is 0.750. The van der Waals surface area contributed by atoms with Gasteiger partial charge in [0.25, 0.3) is 0 Å². The molecular formula is C20H34IN5OS2. The van der Waals surface area contributed by atoms with Gasteiger partial charge in [0, 0.05) is 67.1 Å². The second-order valence-electron chi connectivity index (χ2n) is 7.51. The zero-order chi connectivity index (χ0) is 19.8. The van der Waals surface area contributed by atoms with E-state index in [0.717, 1.165) is 80.8 Å². The van der Waals surface area contributed by atoms with Crippen molar-refractivity contribution >= 4 is 58.9 Å². The van der Waals surface area contributed by atoms with Crippen molar-refractivity contribution in [2.75, 3.05) is 37.7 Å². The van der Waals surface area contributed by atoms with Crippen molar-refractivity contribution in [1.82, 2.24) is 20.5 Å². The molecule has 0 atom stereocenters. The van der Waals surface area contributed by atoms with Crippen LogP contribution in [-0.4, -0.2) is 65.5 Å². The predicted octanol–water partition coefficient (Wildman–Crippen LogP) is 3.30. The van der Waals surface area contributed by atoms with Crippen LogP contribution in [0.4, 0.5) is 0 Å². The fourth-order valence-electron chi connectivity index (χ4n) is 3.82. The van der Waals surface area contributed by atoms with E-state index in [9.17, 15) is 4.79 Å². The van der Waals surface area contributed by atoms with Crippen LogP contribution in [0.15, 0.2) is 11.2 Å². The number of thioether (sulfide) groups is 1. The van der Waals surface area contributed by atoms with Crippen molar-refractivity contribution in [2.45, 2.75) is 52.0 Å². The van der Waals surface area contributed by atoms with Gasteiger partial charge in [0.05, 0.1) is 5.01 Å². The largest absolute Gasteiger partial charge is 0.357 e. The number of rotatable bonds is 6. The molecule has 1 aromatic rings. The summed E-state index contributed by atoms with van der Waals surface area (Å²) in [6, 6.07) is 0.404. The molecule has 1 aliphatic carbocycles. The molecule has 2 heterocycles. The second-order valence-corrected chi connectivity index (χ2v) is 10.0. The molecule has 1 amide bonds. The highest BCUT2D eigenvalue weighted by Gasteiger charge is 2.30. The molecule has 164 valence electrons. The number of halogens is 1. The number of aryl methyl sites for hydroxylation is 1. The number of carbonyl (C=O) groups excluding carboxylic acids is 1. The van der Waals surface area contributed by atoms with Gasteiger partial charge in [-0.1, -0.05) is 0 Å². The molecule has 1 saturated carbocycles. The highest BCUT2D eigenvalue weighted by molar-refractivity contribution is 14.0. The lowest BCUT2D eigenvalue weighted by molar-refractivity contribution is -0.136. The zero-order valence-corrected chi connectivity index (χ0v) is 21.4. The Morgan fingerprint density at radius 2 is 2.00 bits per heavy atom. The Morgan fingerprint density at radius 3 is 2.62 bits per heavy atom. The Hall–Kier alpha value is -0.550. The summed E-state index contributed by atoms with van der Waals surface area (Å²) >= 11 is 3.70. The van der Waals surface area contributed by atoms with Gasteiger partial charge in [-0.15, -0.1) is 35.3 Å². The van der Waals surface area contributed by atoms with Crippen LogP contribution < -0.4 is 10.6 Å². The molecule has 6 nitrogen and oxygen atoms in total. The Morgan fingerprint density at radius 1 is 1.28 bits per heavy atom. The van der Waals surface area contributed by atoms with E-state index in [0.29, 0.717) is 11.9 Å². The topological polar surface area (TPSA) is 69.6 Å². The first kappa shape index (κ1) is 24.7. The van der Waals surface area contributed by atoms with Gasteiger partial charge in [0.15, 0.2) is 5.96 Å². The molecule has 0 aromatic carbocycles. The SMILES string of the molecule is CCNC(=NCCc1ncc(C)s1)NC1CCC(C(=O)N2CCSCC2)CC1.I. The summed E-state index contributed by atoms with van der Waals surface area (Å²) in [5.74, 6) is 3.67. The molecule has 2 aliphatic rings. The Kier molecular flexibility index (Phi) is 11.1. The average Bonchev–Trinajstić information content (AvgIpc) is 3.14. The molecule has 0 bridgehead atoms. The number of amides is 1. The van der Waals surface area contributed by atoms with Gasteiger partial charge >= 0.3 is 0 Å². The van der Waals surface area contributed by atoms with E-state index in [1.807, 2.05) is 18.0 Å². The van der Waals surface area contributed by atoms with Crippen LogP contribution in [0, 0.1) is 12.8 Å². The van der Waals surface area contributed by atoms with E-state index in [1.165, 1.54) is 4.88 Å². The maximum absolute atomic E-state index is 12.7. The maximum Gasteiger partial charge on any atom is 0.225 e. The van der Waals surface area contributed by atoms with Crippen LogP contribution in [0.3, 0.4) is 0 Å². The minimum absolute atomic E-state index is 0. The van der Waals surface area contributed by atoms with Gasteiger partial charge in [0.1, 0.15) is 0 Å². The van der Waals surface area contributed by atoms with Crippen LogP contribution in [0.25, 0.3) is 0 Å². The monoisotopic (exact) mass is 551 g/mol. The molecule has 1 saturated heterocycles. The van der Waals surface area contributed by atoms with Gasteiger partial charge < -0.3 is 15.5 Å². The molecule has 1 aromatic heterocycles. The van der Waals surface area contributed by atoms with E-state index in [2.05, 4.69) is 34.4 Å². The van der Waals surface area contributed by atoms with Crippen LogP contribution in [-0.2, 0) is 11.2 Å². The van der Waals surface area contributed by atoms with Crippen molar-refractivity contribution in [2.24, 2.45) is 10.9 Å². The summed E-state index contributed by atoms with van der Waals surface area (Å²) in [6.45, 7) is 7.62. The number of thiazole rings is 1. The lowest BCUT2D eigenvalue weighted by Gasteiger charge is -2.34. The number of hydrogen-bond acceptors (Lipinski definition) is 5. The van der Waals surface area contributed by atoms with Crippen molar-refractivity contribution < 1.29 is 4.79 Å². The lowest BCUT2D eigenvalue weighted by Crippen LogP contribution is -2.47. The predicted molar refractivity (Wildman–Crippen MR) is 135 cm³/mol. The Balaban J connectivity index is 0.00000300. The molecule has 2 N–H and O–H groups in total. The van der Waals surface area contributed by atoms with Crippen molar-refractivity contribution in [1.29, 1.82) is 0 Å². The van der Waals surface area contributed by atoms with Crippen LogP contribution in [0.2, 0.25) is 0 Å². The molecule has 1 aliphatic heterocycles. The van der Waals surface area contributed by atoms with E-state index in [1.54, 1.807) is 11.3 Å². The van der Waals surface area contributed by atoms with Gasteiger partial charge in [-0.3, -0.25) is 9.79 Å². The summed E-state index contributed by atoms with van der Waals surface area (Å²) < 4.78 is 0. The number of aliphatic imine (C=N–C) groups is 1. The van der Waals surface area contributed by atoms with Crippen LogP contribution >= 0.6 is 47.1 Å². The first-order valence-electron chi connectivity index (χ1n) is 10.5. The van der Waals surface area contributed by atoms with Gasteiger partial charge in [-0.05, 0) is 39.5 Å². The second kappa shape index (κ2) is 13.0. The number of guanidine groups is 1. The van der Waals surface area contributed by atoms with Crippen molar-refractivity contribution in [3.05, 3.63) is 16.1 Å². The zero-order valence-electron chi connectivity index (χ0n) is 17.5. The summed E-state index contributed by atoms with van der Waals surface area (Å²) in [5, 5.41) is 8.08. The molecule has 2 fully saturated rings. The molecule has 0 spiro atoms. The summed E-state index contributed by atoms with van der Waals surface area (Å²) in [4.78, 5) is 25.2. The Bertz CT molecular complexity index is 655. The van der Waals surface area contributed by atoms with Crippen LogP contribution in [0.5, 0.6) is 0 Å². The van der Waals surface area contributed by atoms with E-state index in [4.69, 9.17) is 4.99 Å². The number of nitrogens with one attached hydrogen (secondary N) is 2. The standard InChI is InChI=1S/C20H33N5OS2.HI/c1-3-21-20(22-9-8-18-23-14-15(2)28-18)24-17-6-4-16(5-7-17)19(26)25-10-12-27-13-11-25;/h14,16-17H,3-13H2,1-2H3,(H2,21,22,24);1H. The minimum Gasteiger partial charge on any atom is -0.357 e. The third-order valence-corrected chi connectivity index (χ3v) is 7.26. The van der Waals surface area contributed by atoms with E-state index < -0.39 is 0 Å². The van der Waals surface area contributed by atoms with Crippen molar-refractivity contribution in [3.8, 4) is 0 Å². The molecule has 3 rings (SSSR count). The first-order valence-corrected chi connectivity index (χ1v) is 12.5. The number of carbonyl (C=O) groups is 1. The average molecular weight is 552 g/mol. The number of nitrogens with zero attached hydrogens (tertiary/aromatic N) is 3. The molecule has 0 unspecified atom stereocenters. The summed E-state index contributed by atoms with van der Waals surface area (Å²) in [6.07, 6.45) is 6.85. The fourth-order valence-corrected chi connectivity index (χ4v) is 5.50. The third-order valence-electron chi connectivity index (χ3n) is 5.35. The van der Waals surface area contributed by atoms with Gasteiger partial charge in [0.2, 0.25) is 5.91 Å². The highest BCUT2D eigenvalue weighted by atomic mass is 127. The maximum atomic E-state index is 12.7.